The number of hydrazone groups is 1. The first-order valence-corrected chi connectivity index (χ1v) is 5.55. The quantitative estimate of drug-likeness (QED) is 0.629. The molecule has 0 aliphatic carbocycles. The Hall–Kier alpha value is -2.70. The first-order valence-electron chi connectivity index (χ1n) is 5.55. The summed E-state index contributed by atoms with van der Waals surface area (Å²) in [6.45, 7) is 1.72. The molecule has 0 fully saturated rings. The summed E-state index contributed by atoms with van der Waals surface area (Å²) in [5.41, 5.74) is 3.61. The van der Waals surface area contributed by atoms with E-state index in [0.29, 0.717) is 11.5 Å². The summed E-state index contributed by atoms with van der Waals surface area (Å²) in [5, 5.41) is 10.0. The van der Waals surface area contributed by atoms with Crippen LogP contribution in [0.4, 0.5) is 5.82 Å². The molecule has 0 aliphatic heterocycles. The molecule has 2 aromatic rings. The Bertz CT molecular complexity index is 633. The number of H-pyrrole nitrogens is 1. The van der Waals surface area contributed by atoms with Gasteiger partial charge in [0.05, 0.1) is 13.3 Å². The minimum atomic E-state index is -0.521. The van der Waals surface area contributed by atoms with Crippen LogP contribution in [0.2, 0.25) is 0 Å². The van der Waals surface area contributed by atoms with Gasteiger partial charge in [-0.2, -0.15) is 15.2 Å². The molecule has 98 valence electrons. The standard InChI is InChI=1S/C12H13N5O2/c1-8-11(14-12(18)17-15-8)16-13-7-9-3-5-10(19-2)6-4-9/h3-7H,1-2H3,(H2,14,16,17,18). The summed E-state index contributed by atoms with van der Waals surface area (Å²) in [6, 6.07) is 7.39. The van der Waals surface area contributed by atoms with Crippen molar-refractivity contribution >= 4 is 12.0 Å². The van der Waals surface area contributed by atoms with Gasteiger partial charge in [0.1, 0.15) is 11.4 Å². The van der Waals surface area contributed by atoms with Gasteiger partial charge in [0.15, 0.2) is 5.82 Å². The lowest BCUT2D eigenvalue weighted by Crippen LogP contribution is -2.15. The molecule has 0 saturated carbocycles. The number of hydrogen-bond acceptors (Lipinski definition) is 6. The molecule has 2 N–H and O–H groups in total. The second-order valence-electron chi connectivity index (χ2n) is 3.72. The summed E-state index contributed by atoms with van der Waals surface area (Å²) < 4.78 is 5.06. The number of benzene rings is 1. The summed E-state index contributed by atoms with van der Waals surface area (Å²) in [5.74, 6) is 1.11. The largest absolute Gasteiger partial charge is 0.497 e. The number of nitrogens with one attached hydrogen (secondary N) is 2. The van der Waals surface area contributed by atoms with Gasteiger partial charge in [0.2, 0.25) is 0 Å². The van der Waals surface area contributed by atoms with Gasteiger partial charge in [-0.05, 0) is 36.8 Å². The van der Waals surface area contributed by atoms with E-state index in [0.717, 1.165) is 11.3 Å². The van der Waals surface area contributed by atoms with Crippen molar-refractivity contribution in [2.45, 2.75) is 6.92 Å². The fraction of sp³-hybridized carbons (Fsp3) is 0.167. The van der Waals surface area contributed by atoms with Gasteiger partial charge in [-0.15, -0.1) is 0 Å². The Balaban J connectivity index is 2.06. The predicted octanol–water partition coefficient (Wildman–Crippen LogP) is 0.928. The number of aromatic nitrogens is 3. The van der Waals surface area contributed by atoms with E-state index in [2.05, 4.69) is 25.7 Å². The summed E-state index contributed by atoms with van der Waals surface area (Å²) in [7, 11) is 1.61. The van der Waals surface area contributed by atoms with Crippen LogP contribution in [0, 0.1) is 6.92 Å². The maximum absolute atomic E-state index is 11.0. The Kier molecular flexibility index (Phi) is 3.87. The molecule has 0 unspecified atom stereocenters. The van der Waals surface area contributed by atoms with Crippen LogP contribution in [0.15, 0.2) is 34.2 Å². The maximum Gasteiger partial charge on any atom is 0.363 e. The SMILES string of the molecule is COc1ccc(C=NNc2nc(=O)[nH]nc2C)cc1. The Labute approximate surface area is 109 Å². The summed E-state index contributed by atoms with van der Waals surface area (Å²) in [4.78, 5) is 14.7. The molecule has 19 heavy (non-hydrogen) atoms. The molecule has 0 radical (unpaired) electrons. The molecule has 1 heterocycles. The number of rotatable bonds is 4. The van der Waals surface area contributed by atoms with Crippen LogP contribution in [0.3, 0.4) is 0 Å². The number of anilines is 1. The van der Waals surface area contributed by atoms with Gasteiger partial charge in [0, 0.05) is 0 Å². The lowest BCUT2D eigenvalue weighted by atomic mass is 10.2. The van der Waals surface area contributed by atoms with Crippen molar-refractivity contribution in [2.75, 3.05) is 12.5 Å². The van der Waals surface area contributed by atoms with Gasteiger partial charge in [0.25, 0.3) is 0 Å². The minimum Gasteiger partial charge on any atom is -0.497 e. The van der Waals surface area contributed by atoms with Crippen LogP contribution >= 0.6 is 0 Å². The van der Waals surface area contributed by atoms with Crippen LogP contribution in [-0.2, 0) is 0 Å². The smallest absolute Gasteiger partial charge is 0.363 e. The Morgan fingerprint density at radius 2 is 2.11 bits per heavy atom. The van der Waals surface area contributed by atoms with Crippen molar-refractivity contribution in [3.05, 3.63) is 46.0 Å². The topological polar surface area (TPSA) is 92.3 Å². The number of hydrogen-bond donors (Lipinski definition) is 2. The van der Waals surface area contributed by atoms with Crippen molar-refractivity contribution < 1.29 is 4.74 Å². The van der Waals surface area contributed by atoms with E-state index >= 15 is 0 Å². The normalized spacial score (nSPS) is 10.6. The van der Waals surface area contributed by atoms with E-state index in [1.807, 2.05) is 24.3 Å². The van der Waals surface area contributed by atoms with Crippen LogP contribution in [0.1, 0.15) is 11.3 Å². The number of aryl methyl sites for hydroxylation is 1. The molecule has 0 saturated heterocycles. The predicted molar refractivity (Wildman–Crippen MR) is 71.6 cm³/mol. The third kappa shape index (κ3) is 3.38. The first-order chi connectivity index (χ1) is 9.19. The molecule has 0 aliphatic rings. The van der Waals surface area contributed by atoms with Crippen molar-refractivity contribution in [3.8, 4) is 5.75 Å². The third-order valence-corrected chi connectivity index (χ3v) is 2.38. The highest BCUT2D eigenvalue weighted by atomic mass is 16.5. The Morgan fingerprint density at radius 3 is 2.79 bits per heavy atom. The molecular weight excluding hydrogens is 246 g/mol. The molecule has 1 aromatic carbocycles. The highest BCUT2D eigenvalue weighted by Crippen LogP contribution is 2.10. The Morgan fingerprint density at radius 1 is 1.37 bits per heavy atom. The van der Waals surface area contributed by atoms with Crippen molar-refractivity contribution in [1.82, 2.24) is 15.2 Å². The van der Waals surface area contributed by atoms with Gasteiger partial charge < -0.3 is 4.74 Å². The fourth-order valence-corrected chi connectivity index (χ4v) is 1.36. The zero-order valence-corrected chi connectivity index (χ0v) is 10.5. The highest BCUT2D eigenvalue weighted by Gasteiger charge is 1.99. The molecule has 7 heteroatoms. The molecule has 0 atom stereocenters. The number of methoxy groups -OCH3 is 1. The van der Waals surface area contributed by atoms with E-state index in [4.69, 9.17) is 4.74 Å². The van der Waals surface area contributed by atoms with Gasteiger partial charge in [-0.3, -0.25) is 5.43 Å². The van der Waals surface area contributed by atoms with Crippen molar-refractivity contribution in [1.29, 1.82) is 0 Å². The zero-order valence-electron chi connectivity index (χ0n) is 10.5. The molecule has 2 rings (SSSR count). The second kappa shape index (κ2) is 5.76. The first kappa shape index (κ1) is 12.7. The number of nitrogens with zero attached hydrogens (tertiary/aromatic N) is 3. The average Bonchev–Trinajstić information content (AvgIpc) is 2.43. The summed E-state index contributed by atoms with van der Waals surface area (Å²) >= 11 is 0. The molecule has 0 amide bonds. The van der Waals surface area contributed by atoms with Crippen molar-refractivity contribution in [2.24, 2.45) is 5.10 Å². The van der Waals surface area contributed by atoms with Gasteiger partial charge in [-0.25, -0.2) is 9.89 Å². The van der Waals surface area contributed by atoms with Crippen LogP contribution in [0.5, 0.6) is 5.75 Å². The molecule has 7 nitrogen and oxygen atoms in total. The third-order valence-electron chi connectivity index (χ3n) is 2.38. The fourth-order valence-electron chi connectivity index (χ4n) is 1.36. The molecular formula is C12H13N5O2. The average molecular weight is 259 g/mol. The van der Waals surface area contributed by atoms with E-state index < -0.39 is 5.69 Å². The van der Waals surface area contributed by atoms with Crippen molar-refractivity contribution in [3.63, 3.8) is 0 Å². The maximum atomic E-state index is 11.0. The number of aromatic amines is 1. The van der Waals surface area contributed by atoms with Crippen LogP contribution in [-0.4, -0.2) is 28.5 Å². The number of ether oxygens (including phenoxy) is 1. The minimum absolute atomic E-state index is 0.327. The molecule has 0 bridgehead atoms. The lowest BCUT2D eigenvalue weighted by Gasteiger charge is -2.01. The highest BCUT2D eigenvalue weighted by molar-refractivity contribution is 5.80. The lowest BCUT2D eigenvalue weighted by molar-refractivity contribution is 0.415. The monoisotopic (exact) mass is 259 g/mol. The van der Waals surface area contributed by atoms with Crippen LogP contribution < -0.4 is 15.9 Å². The van der Waals surface area contributed by atoms with Crippen LogP contribution in [0.25, 0.3) is 0 Å². The summed E-state index contributed by atoms with van der Waals surface area (Å²) in [6.07, 6.45) is 1.61. The molecule has 1 aromatic heterocycles. The second-order valence-corrected chi connectivity index (χ2v) is 3.72. The molecule has 0 spiro atoms. The van der Waals surface area contributed by atoms with Gasteiger partial charge >= 0.3 is 5.69 Å². The van der Waals surface area contributed by atoms with Gasteiger partial charge in [-0.1, -0.05) is 0 Å². The van der Waals surface area contributed by atoms with E-state index in [1.165, 1.54) is 0 Å². The zero-order chi connectivity index (χ0) is 13.7. The van der Waals surface area contributed by atoms with E-state index in [1.54, 1.807) is 20.2 Å². The van der Waals surface area contributed by atoms with E-state index in [-0.39, 0.29) is 0 Å². The van der Waals surface area contributed by atoms with E-state index in [9.17, 15) is 4.79 Å².